The number of hydrazone groups is 1. The Kier molecular flexibility index (Phi) is 6.68. The summed E-state index contributed by atoms with van der Waals surface area (Å²) < 4.78 is 13.2. The van der Waals surface area contributed by atoms with Gasteiger partial charge < -0.3 is 14.1 Å². The Morgan fingerprint density at radius 1 is 1.15 bits per heavy atom. The fourth-order valence-corrected chi connectivity index (χ4v) is 5.07. The van der Waals surface area contributed by atoms with Crippen LogP contribution in [0.1, 0.15) is 36.3 Å². The van der Waals surface area contributed by atoms with Gasteiger partial charge in [0, 0.05) is 26.1 Å². The second-order valence-electron chi connectivity index (χ2n) is 8.30. The van der Waals surface area contributed by atoms with E-state index in [2.05, 4.69) is 45.6 Å². The maximum atomic E-state index is 13.3. The highest BCUT2D eigenvalue weighted by atomic mass is 32.2. The monoisotopic (exact) mass is 480 g/mol. The Labute approximate surface area is 202 Å². The van der Waals surface area contributed by atoms with E-state index >= 15 is 0 Å². The maximum Gasteiger partial charge on any atom is 0.253 e. The average Bonchev–Trinajstić information content (AvgIpc) is 3.63. The molecule has 178 valence electrons. The van der Waals surface area contributed by atoms with Crippen molar-refractivity contribution < 1.29 is 13.9 Å². The first-order valence-electron chi connectivity index (χ1n) is 11.5. The molecule has 1 aromatic carbocycles. The molecule has 0 bridgehead atoms. The van der Waals surface area contributed by atoms with Crippen molar-refractivity contribution in [3.8, 4) is 0 Å². The first-order valence-corrected chi connectivity index (χ1v) is 12.5. The van der Waals surface area contributed by atoms with Gasteiger partial charge in [0.15, 0.2) is 5.16 Å². The lowest BCUT2D eigenvalue weighted by Gasteiger charge is -2.27. The van der Waals surface area contributed by atoms with Crippen LogP contribution < -0.4 is 4.90 Å². The predicted molar refractivity (Wildman–Crippen MR) is 130 cm³/mol. The van der Waals surface area contributed by atoms with E-state index in [0.29, 0.717) is 19.6 Å². The summed E-state index contributed by atoms with van der Waals surface area (Å²) in [6, 6.07) is 11.7. The van der Waals surface area contributed by atoms with E-state index < -0.39 is 0 Å². The van der Waals surface area contributed by atoms with Crippen LogP contribution in [0.4, 0.5) is 5.95 Å². The van der Waals surface area contributed by atoms with Crippen LogP contribution in [0.2, 0.25) is 0 Å². The molecule has 0 saturated carbocycles. The third kappa shape index (κ3) is 4.60. The molecule has 1 saturated heterocycles. The topological polar surface area (TPSA) is 89.0 Å². The van der Waals surface area contributed by atoms with Crippen LogP contribution >= 0.6 is 11.8 Å². The fourth-order valence-electron chi connectivity index (χ4n) is 4.22. The molecule has 1 atom stereocenters. The van der Waals surface area contributed by atoms with Crippen LogP contribution in [-0.2, 0) is 16.1 Å². The quantitative estimate of drug-likeness (QED) is 0.478. The Bertz CT molecular complexity index is 1150. The molecule has 0 radical (unpaired) electrons. The second-order valence-corrected chi connectivity index (χ2v) is 9.24. The van der Waals surface area contributed by atoms with Gasteiger partial charge in [0.1, 0.15) is 11.8 Å². The molecule has 1 amide bonds. The van der Waals surface area contributed by atoms with Gasteiger partial charge in [-0.15, -0.1) is 10.2 Å². The predicted octanol–water partition coefficient (Wildman–Crippen LogP) is 3.51. The molecule has 5 rings (SSSR count). The van der Waals surface area contributed by atoms with Gasteiger partial charge >= 0.3 is 0 Å². The fraction of sp³-hybridized carbons (Fsp3) is 0.417. The van der Waals surface area contributed by atoms with E-state index in [1.54, 1.807) is 11.3 Å². The molecule has 0 spiro atoms. The number of morpholine rings is 1. The van der Waals surface area contributed by atoms with Crippen LogP contribution in [0.5, 0.6) is 0 Å². The summed E-state index contributed by atoms with van der Waals surface area (Å²) >= 11 is 1.39. The summed E-state index contributed by atoms with van der Waals surface area (Å²) in [4.78, 5) is 15.5. The molecule has 0 unspecified atom stereocenters. The molecule has 34 heavy (non-hydrogen) atoms. The van der Waals surface area contributed by atoms with E-state index in [0.717, 1.165) is 47.8 Å². The Morgan fingerprint density at radius 3 is 2.65 bits per heavy atom. The molecule has 10 heteroatoms. The molecule has 2 aliphatic rings. The molecule has 2 aromatic heterocycles. The Morgan fingerprint density at radius 2 is 1.94 bits per heavy atom. The largest absolute Gasteiger partial charge is 0.467 e. The van der Waals surface area contributed by atoms with Gasteiger partial charge in [-0.25, -0.2) is 5.01 Å². The summed E-state index contributed by atoms with van der Waals surface area (Å²) in [5, 5.41) is 15.8. The zero-order valence-corrected chi connectivity index (χ0v) is 20.2. The molecule has 0 aliphatic carbocycles. The number of aryl methyl sites for hydroxylation is 1. The number of hydrogen-bond donors (Lipinski definition) is 0. The first-order chi connectivity index (χ1) is 16.6. The third-order valence-corrected chi connectivity index (χ3v) is 7.01. The van der Waals surface area contributed by atoms with Crippen molar-refractivity contribution >= 4 is 29.3 Å². The van der Waals surface area contributed by atoms with Crippen molar-refractivity contribution in [2.45, 2.75) is 38.0 Å². The number of carbonyl (C=O) groups is 1. The Hall–Kier alpha value is -3.11. The van der Waals surface area contributed by atoms with E-state index in [1.165, 1.54) is 17.3 Å². The van der Waals surface area contributed by atoms with Crippen LogP contribution in [0.15, 0.2) is 57.3 Å². The van der Waals surface area contributed by atoms with E-state index in [-0.39, 0.29) is 17.7 Å². The van der Waals surface area contributed by atoms with Gasteiger partial charge in [-0.2, -0.15) is 5.10 Å². The first kappa shape index (κ1) is 22.7. The molecule has 4 heterocycles. The number of hydrogen-bond acceptors (Lipinski definition) is 8. The number of nitrogens with zero attached hydrogens (tertiary/aromatic N) is 6. The summed E-state index contributed by atoms with van der Waals surface area (Å²) in [5.74, 6) is 1.68. The number of carbonyl (C=O) groups excluding carboxylic acids is 1. The number of benzene rings is 1. The number of rotatable bonds is 7. The van der Waals surface area contributed by atoms with Crippen LogP contribution in [0, 0.1) is 6.92 Å². The lowest BCUT2D eigenvalue weighted by atomic mass is 10.0. The van der Waals surface area contributed by atoms with Crippen LogP contribution in [-0.4, -0.2) is 63.4 Å². The molecule has 9 nitrogen and oxygen atoms in total. The third-order valence-electron chi connectivity index (χ3n) is 6.05. The van der Waals surface area contributed by atoms with Crippen molar-refractivity contribution in [2.75, 3.05) is 37.0 Å². The number of amides is 1. The molecule has 2 aliphatic heterocycles. The number of thioether (sulfide) groups is 1. The highest BCUT2D eigenvalue weighted by molar-refractivity contribution is 7.99. The molecule has 3 aromatic rings. The van der Waals surface area contributed by atoms with Crippen LogP contribution in [0.3, 0.4) is 0 Å². The zero-order chi connectivity index (χ0) is 23.5. The molecular formula is C24H28N6O3S. The summed E-state index contributed by atoms with van der Waals surface area (Å²) in [6.07, 6.45) is 2.24. The summed E-state index contributed by atoms with van der Waals surface area (Å²) in [7, 11) is 0. The molecule has 0 N–H and O–H groups in total. The SMILES string of the molecule is CCn1c(SCC(=O)N2N=C(c3ccc(C)cc3)C[C@H]2c2ccco2)nnc1N1CCOCC1. The maximum absolute atomic E-state index is 13.3. The van der Waals surface area contributed by atoms with Gasteiger partial charge in [0.25, 0.3) is 5.91 Å². The molecule has 1 fully saturated rings. The van der Waals surface area contributed by atoms with E-state index in [1.807, 2.05) is 24.3 Å². The van der Waals surface area contributed by atoms with Crippen molar-refractivity contribution in [1.29, 1.82) is 0 Å². The highest BCUT2D eigenvalue weighted by Crippen LogP contribution is 2.34. The minimum atomic E-state index is -0.257. The summed E-state index contributed by atoms with van der Waals surface area (Å²) in [6.45, 7) is 7.78. The van der Waals surface area contributed by atoms with Crippen molar-refractivity contribution in [3.63, 3.8) is 0 Å². The highest BCUT2D eigenvalue weighted by Gasteiger charge is 2.35. The van der Waals surface area contributed by atoms with E-state index in [9.17, 15) is 4.79 Å². The van der Waals surface area contributed by atoms with Gasteiger partial charge in [-0.1, -0.05) is 41.6 Å². The van der Waals surface area contributed by atoms with Crippen molar-refractivity contribution in [3.05, 3.63) is 59.5 Å². The summed E-state index contributed by atoms with van der Waals surface area (Å²) in [5.41, 5.74) is 3.09. The minimum Gasteiger partial charge on any atom is -0.467 e. The standard InChI is InChI=1S/C24H28N6O3S/c1-3-29-23(28-10-13-32-14-11-28)25-26-24(29)34-16-22(31)30-20(21-5-4-12-33-21)15-19(27-30)18-8-6-17(2)7-9-18/h4-9,12,20H,3,10-11,13-16H2,1-2H3/t20-/m0/s1. The van der Waals surface area contributed by atoms with Gasteiger partial charge in [0.2, 0.25) is 5.95 Å². The second kappa shape index (κ2) is 10.0. The number of ether oxygens (including phenoxy) is 1. The lowest BCUT2D eigenvalue weighted by Crippen LogP contribution is -2.38. The van der Waals surface area contributed by atoms with E-state index in [4.69, 9.17) is 14.3 Å². The number of furan rings is 1. The number of aromatic nitrogens is 3. The van der Waals surface area contributed by atoms with Crippen molar-refractivity contribution in [2.24, 2.45) is 5.10 Å². The number of anilines is 1. The minimum absolute atomic E-state index is 0.0907. The van der Waals surface area contributed by atoms with Gasteiger partial charge in [-0.3, -0.25) is 9.36 Å². The Balaban J connectivity index is 1.33. The molecular weight excluding hydrogens is 452 g/mol. The van der Waals surface area contributed by atoms with Crippen LogP contribution in [0.25, 0.3) is 0 Å². The lowest BCUT2D eigenvalue weighted by molar-refractivity contribution is -0.130. The normalized spacial score (nSPS) is 18.4. The van der Waals surface area contributed by atoms with Gasteiger partial charge in [0.05, 0.1) is 30.9 Å². The smallest absolute Gasteiger partial charge is 0.253 e. The zero-order valence-electron chi connectivity index (χ0n) is 19.4. The van der Waals surface area contributed by atoms with Gasteiger partial charge in [-0.05, 0) is 31.5 Å². The average molecular weight is 481 g/mol. The van der Waals surface area contributed by atoms with Crippen molar-refractivity contribution in [1.82, 2.24) is 19.8 Å².